The molecule has 0 saturated heterocycles. The largest absolute Gasteiger partial charge is 0.455 e. The lowest BCUT2D eigenvalue weighted by molar-refractivity contribution is 0.670. The van der Waals surface area contributed by atoms with E-state index in [9.17, 15) is 0 Å². The number of fused-ring (bicyclic) bond motifs is 3. The van der Waals surface area contributed by atoms with Gasteiger partial charge in [-0.3, -0.25) is 0 Å². The van der Waals surface area contributed by atoms with Gasteiger partial charge in [0.05, 0.1) is 0 Å². The van der Waals surface area contributed by atoms with Gasteiger partial charge in [-0.1, -0.05) is 133 Å². The first kappa shape index (κ1) is 22.4. The topological polar surface area (TPSA) is 13.1 Å². The Morgan fingerprint density at radius 3 is 1.83 bits per heavy atom. The summed E-state index contributed by atoms with van der Waals surface area (Å²) in [6, 6.07) is 52.5. The molecule has 0 spiro atoms. The molecule has 0 aliphatic carbocycles. The predicted octanol–water partition coefficient (Wildman–Crippen LogP) is 11.5. The second-order valence-electron chi connectivity index (χ2n) is 10.9. The van der Waals surface area contributed by atoms with Crippen LogP contribution in [0, 0.1) is 0 Å². The van der Waals surface area contributed by atoms with Crippen molar-refractivity contribution in [1.82, 2.24) is 0 Å². The van der Waals surface area contributed by atoms with Gasteiger partial charge in [0.2, 0.25) is 0 Å². The van der Waals surface area contributed by atoms with E-state index in [0.717, 1.165) is 27.5 Å². The number of para-hydroxylation sites is 1. The number of rotatable bonds is 3. The Morgan fingerprint density at radius 2 is 1.00 bits per heavy atom. The van der Waals surface area contributed by atoms with E-state index in [0.29, 0.717) is 0 Å². The zero-order chi connectivity index (χ0) is 26.9. The maximum atomic E-state index is 6.40. The lowest BCUT2D eigenvalue weighted by Gasteiger charge is -2.14. The minimum Gasteiger partial charge on any atom is -0.455 e. The van der Waals surface area contributed by atoms with Crippen molar-refractivity contribution in [2.24, 2.45) is 0 Å². The molecular formula is C40H24O. The van der Waals surface area contributed by atoms with E-state index in [-0.39, 0.29) is 0 Å². The quantitative estimate of drug-likeness (QED) is 0.211. The molecule has 0 N–H and O–H groups in total. The summed E-state index contributed by atoms with van der Waals surface area (Å²) >= 11 is 0. The average molecular weight is 521 g/mol. The monoisotopic (exact) mass is 520 g/mol. The van der Waals surface area contributed by atoms with Gasteiger partial charge in [0.1, 0.15) is 11.2 Å². The zero-order valence-electron chi connectivity index (χ0n) is 22.3. The second-order valence-corrected chi connectivity index (χ2v) is 10.9. The fourth-order valence-corrected chi connectivity index (χ4v) is 6.65. The molecule has 41 heavy (non-hydrogen) atoms. The van der Waals surface area contributed by atoms with Gasteiger partial charge in [-0.15, -0.1) is 0 Å². The second kappa shape index (κ2) is 8.55. The van der Waals surface area contributed by atoms with Gasteiger partial charge in [0.25, 0.3) is 0 Å². The van der Waals surface area contributed by atoms with E-state index in [1.807, 2.05) is 6.07 Å². The van der Waals surface area contributed by atoms with Crippen LogP contribution >= 0.6 is 0 Å². The molecule has 0 amide bonds. The molecule has 1 heteroatoms. The summed E-state index contributed by atoms with van der Waals surface area (Å²) in [6.45, 7) is 0. The summed E-state index contributed by atoms with van der Waals surface area (Å²) in [6.07, 6.45) is 0. The highest BCUT2D eigenvalue weighted by atomic mass is 16.3. The predicted molar refractivity (Wildman–Crippen MR) is 174 cm³/mol. The van der Waals surface area contributed by atoms with E-state index in [2.05, 4.69) is 140 Å². The molecule has 0 unspecified atom stereocenters. The number of hydrogen-bond acceptors (Lipinski definition) is 1. The first-order valence-electron chi connectivity index (χ1n) is 14.1. The van der Waals surface area contributed by atoms with E-state index in [1.165, 1.54) is 60.1 Å². The molecule has 9 rings (SSSR count). The van der Waals surface area contributed by atoms with Crippen molar-refractivity contribution in [1.29, 1.82) is 0 Å². The van der Waals surface area contributed by atoms with Crippen molar-refractivity contribution in [2.45, 2.75) is 0 Å². The number of hydrogen-bond donors (Lipinski definition) is 0. The van der Waals surface area contributed by atoms with E-state index in [4.69, 9.17) is 4.42 Å². The first-order valence-corrected chi connectivity index (χ1v) is 14.1. The molecule has 0 radical (unpaired) electrons. The third-order valence-electron chi connectivity index (χ3n) is 8.64. The van der Waals surface area contributed by atoms with Crippen molar-refractivity contribution in [3.8, 4) is 33.4 Å². The number of furan rings is 1. The molecule has 0 fully saturated rings. The molecule has 0 aliphatic heterocycles. The average Bonchev–Trinajstić information content (AvgIpc) is 3.42. The summed E-state index contributed by atoms with van der Waals surface area (Å²) in [7, 11) is 0. The van der Waals surface area contributed by atoms with Crippen molar-refractivity contribution in [3.05, 3.63) is 146 Å². The van der Waals surface area contributed by atoms with Crippen LogP contribution < -0.4 is 0 Å². The van der Waals surface area contributed by atoms with E-state index < -0.39 is 0 Å². The molecule has 0 bridgehead atoms. The summed E-state index contributed by atoms with van der Waals surface area (Å²) in [5.74, 6) is 0. The van der Waals surface area contributed by atoms with Crippen molar-refractivity contribution in [2.75, 3.05) is 0 Å². The Morgan fingerprint density at radius 1 is 0.341 bits per heavy atom. The molecule has 0 atom stereocenters. The summed E-state index contributed by atoms with van der Waals surface area (Å²) in [5.41, 5.74) is 9.03. The Labute approximate surface area is 237 Å². The molecule has 8 aromatic carbocycles. The van der Waals surface area contributed by atoms with Crippen LogP contribution in [0.5, 0.6) is 0 Å². The van der Waals surface area contributed by atoms with Crippen molar-refractivity contribution >= 4 is 54.3 Å². The lowest BCUT2D eigenvalue weighted by Crippen LogP contribution is -1.87. The molecule has 0 aliphatic rings. The Bertz CT molecular complexity index is 2380. The van der Waals surface area contributed by atoms with Crippen LogP contribution in [0.3, 0.4) is 0 Å². The van der Waals surface area contributed by atoms with Crippen LogP contribution in [0.4, 0.5) is 0 Å². The van der Waals surface area contributed by atoms with Crippen LogP contribution in [0.1, 0.15) is 0 Å². The first-order chi connectivity index (χ1) is 20.3. The van der Waals surface area contributed by atoms with Crippen LogP contribution in [0.2, 0.25) is 0 Å². The van der Waals surface area contributed by atoms with E-state index >= 15 is 0 Å². The van der Waals surface area contributed by atoms with Crippen LogP contribution in [0.15, 0.2) is 150 Å². The minimum atomic E-state index is 0.914. The smallest absolute Gasteiger partial charge is 0.143 e. The normalized spacial score (nSPS) is 11.9. The molecule has 190 valence electrons. The van der Waals surface area contributed by atoms with E-state index in [1.54, 1.807) is 0 Å². The zero-order valence-corrected chi connectivity index (χ0v) is 22.3. The lowest BCUT2D eigenvalue weighted by atomic mass is 9.89. The maximum absolute atomic E-state index is 6.40. The number of benzene rings is 8. The van der Waals surface area contributed by atoms with Gasteiger partial charge in [-0.25, -0.2) is 0 Å². The molecular weight excluding hydrogens is 496 g/mol. The van der Waals surface area contributed by atoms with Gasteiger partial charge < -0.3 is 4.42 Å². The van der Waals surface area contributed by atoms with Gasteiger partial charge in [0, 0.05) is 16.3 Å². The van der Waals surface area contributed by atoms with Crippen LogP contribution in [-0.2, 0) is 0 Å². The van der Waals surface area contributed by atoms with Crippen molar-refractivity contribution in [3.63, 3.8) is 0 Å². The SMILES string of the molecule is c1ccc(-c2cccc3c2oc2ccc(-c4ccc(-c5ccc6ccc7cccc8ccc5c6c78)cc4)cc23)cc1. The highest BCUT2D eigenvalue weighted by Crippen LogP contribution is 2.41. The Hall–Kier alpha value is -5.40. The Balaban J connectivity index is 1.15. The molecule has 1 nitrogen and oxygen atoms in total. The third-order valence-corrected chi connectivity index (χ3v) is 8.64. The summed E-state index contributed by atoms with van der Waals surface area (Å²) in [4.78, 5) is 0. The van der Waals surface area contributed by atoms with Crippen LogP contribution in [-0.4, -0.2) is 0 Å². The van der Waals surface area contributed by atoms with Gasteiger partial charge >= 0.3 is 0 Å². The standard InChI is InChI=1S/C40H24O/c1-2-6-26(7-3-1)33-10-5-11-35-36-24-31(20-23-37(36)41-40(33)35)25-12-14-27(15-13-25)32-21-18-30-17-16-28-8-4-9-29-19-22-34(32)39(30)38(28)29/h1-24H. The maximum Gasteiger partial charge on any atom is 0.143 e. The van der Waals surface area contributed by atoms with Gasteiger partial charge in [0.15, 0.2) is 0 Å². The van der Waals surface area contributed by atoms with Crippen LogP contribution in [0.25, 0.3) is 87.6 Å². The third kappa shape index (κ3) is 3.36. The van der Waals surface area contributed by atoms with Crippen molar-refractivity contribution < 1.29 is 4.42 Å². The summed E-state index contributed by atoms with van der Waals surface area (Å²) in [5, 5.41) is 10.2. The fourth-order valence-electron chi connectivity index (χ4n) is 6.65. The highest BCUT2D eigenvalue weighted by Gasteiger charge is 2.14. The molecule has 0 saturated carbocycles. The molecule has 9 aromatic rings. The molecule has 1 aromatic heterocycles. The Kier molecular flexibility index (Phi) is 4.67. The van der Waals surface area contributed by atoms with Gasteiger partial charge in [-0.05, 0) is 72.3 Å². The minimum absolute atomic E-state index is 0.914. The van der Waals surface area contributed by atoms with Gasteiger partial charge in [-0.2, -0.15) is 0 Å². The highest BCUT2D eigenvalue weighted by molar-refractivity contribution is 6.25. The molecule has 1 heterocycles. The fraction of sp³-hybridized carbons (Fsp3) is 0. The summed E-state index contributed by atoms with van der Waals surface area (Å²) < 4.78 is 6.40.